The van der Waals surface area contributed by atoms with Crippen LogP contribution in [0.3, 0.4) is 0 Å². The molecule has 0 unspecified atom stereocenters. The van der Waals surface area contributed by atoms with Gasteiger partial charge in [-0.2, -0.15) is 4.99 Å². The minimum atomic E-state index is -0.585. The molecule has 1 aromatic rings. The molecule has 6 nitrogen and oxygen atoms in total. The summed E-state index contributed by atoms with van der Waals surface area (Å²) in [5.41, 5.74) is 5.36. The van der Waals surface area contributed by atoms with Crippen LogP contribution in [0, 0.1) is 6.92 Å². The molecular formula is C9H14N4O2. The van der Waals surface area contributed by atoms with E-state index in [1.54, 1.807) is 13.8 Å². The minimum absolute atomic E-state index is 0.201. The summed E-state index contributed by atoms with van der Waals surface area (Å²) in [4.78, 5) is 21.8. The van der Waals surface area contributed by atoms with Crippen LogP contribution >= 0.6 is 0 Å². The second-order valence-electron chi connectivity index (χ2n) is 2.95. The lowest BCUT2D eigenvalue weighted by molar-refractivity contribution is 0.0996. The third-order valence-electron chi connectivity index (χ3n) is 1.67. The van der Waals surface area contributed by atoms with Crippen molar-refractivity contribution in [2.75, 3.05) is 6.61 Å². The molecule has 1 amide bonds. The summed E-state index contributed by atoms with van der Waals surface area (Å²) in [5.74, 6) is 0.725. The number of rotatable bonds is 3. The molecule has 0 aliphatic rings. The fraction of sp³-hybridized carbons (Fsp3) is 0.444. The molecule has 0 aliphatic carbocycles. The number of hydrogen-bond donors (Lipinski definition) is 2. The SMILES string of the molecule is CCO/C(C)=N/c1nc(C)[nH]c1C(N)=O. The molecule has 0 saturated heterocycles. The maximum Gasteiger partial charge on any atom is 0.269 e. The van der Waals surface area contributed by atoms with Gasteiger partial charge in [-0.3, -0.25) is 4.79 Å². The number of carbonyl (C=O) groups is 1. The highest BCUT2D eigenvalue weighted by atomic mass is 16.5. The Morgan fingerprint density at radius 3 is 2.87 bits per heavy atom. The number of H-pyrrole nitrogens is 1. The van der Waals surface area contributed by atoms with Crippen molar-refractivity contribution < 1.29 is 9.53 Å². The van der Waals surface area contributed by atoms with Gasteiger partial charge in [-0.05, 0) is 13.8 Å². The number of amides is 1. The fourth-order valence-electron chi connectivity index (χ4n) is 1.12. The Balaban J connectivity index is 3.03. The third-order valence-corrected chi connectivity index (χ3v) is 1.67. The highest BCUT2D eigenvalue weighted by Crippen LogP contribution is 2.15. The van der Waals surface area contributed by atoms with Crippen LogP contribution in [0.1, 0.15) is 30.2 Å². The van der Waals surface area contributed by atoms with Crippen LogP contribution in [0.25, 0.3) is 0 Å². The van der Waals surface area contributed by atoms with Gasteiger partial charge < -0.3 is 15.5 Å². The van der Waals surface area contributed by atoms with Crippen molar-refractivity contribution in [3.63, 3.8) is 0 Å². The van der Waals surface area contributed by atoms with Crippen molar-refractivity contribution >= 4 is 17.6 Å². The number of nitrogens with one attached hydrogen (secondary N) is 1. The molecule has 1 heterocycles. The molecule has 3 N–H and O–H groups in total. The van der Waals surface area contributed by atoms with E-state index in [0.29, 0.717) is 18.3 Å². The minimum Gasteiger partial charge on any atom is -0.481 e. The van der Waals surface area contributed by atoms with E-state index in [9.17, 15) is 4.79 Å². The molecule has 0 spiro atoms. The van der Waals surface area contributed by atoms with Gasteiger partial charge in [0.25, 0.3) is 5.91 Å². The number of imidazole rings is 1. The van der Waals surface area contributed by atoms with Crippen molar-refractivity contribution in [1.29, 1.82) is 0 Å². The smallest absolute Gasteiger partial charge is 0.269 e. The van der Waals surface area contributed by atoms with E-state index >= 15 is 0 Å². The van der Waals surface area contributed by atoms with Crippen LogP contribution in [0.15, 0.2) is 4.99 Å². The average Bonchev–Trinajstić information content (AvgIpc) is 2.47. The van der Waals surface area contributed by atoms with Crippen LogP contribution in [0.2, 0.25) is 0 Å². The average molecular weight is 210 g/mol. The molecule has 0 fully saturated rings. The van der Waals surface area contributed by atoms with Gasteiger partial charge in [0.2, 0.25) is 0 Å². The number of aryl methyl sites for hydroxylation is 1. The van der Waals surface area contributed by atoms with Crippen molar-refractivity contribution in [2.24, 2.45) is 10.7 Å². The normalized spacial score (nSPS) is 11.5. The van der Waals surface area contributed by atoms with Gasteiger partial charge >= 0.3 is 0 Å². The Morgan fingerprint density at radius 1 is 1.67 bits per heavy atom. The Morgan fingerprint density at radius 2 is 2.33 bits per heavy atom. The van der Waals surface area contributed by atoms with Crippen LogP contribution in [0.5, 0.6) is 0 Å². The highest BCUT2D eigenvalue weighted by molar-refractivity contribution is 5.96. The Bertz CT molecular complexity index is 395. The Kier molecular flexibility index (Phi) is 3.43. The quantitative estimate of drug-likeness (QED) is 0.573. The number of aromatic nitrogens is 2. The van der Waals surface area contributed by atoms with E-state index in [2.05, 4.69) is 15.0 Å². The van der Waals surface area contributed by atoms with Gasteiger partial charge in [0.1, 0.15) is 5.82 Å². The lowest BCUT2D eigenvalue weighted by atomic mass is 10.4. The standard InChI is InChI=1S/C9H14N4O2/c1-4-15-6(3)13-9-7(8(10)14)11-5(2)12-9/h4H2,1-3H3,(H2,10,14)(H,11,12)/b13-6+. The predicted molar refractivity (Wildman–Crippen MR) is 56.2 cm³/mol. The molecule has 0 saturated carbocycles. The molecular weight excluding hydrogens is 196 g/mol. The van der Waals surface area contributed by atoms with E-state index < -0.39 is 5.91 Å². The first-order valence-electron chi connectivity index (χ1n) is 4.59. The first-order valence-corrected chi connectivity index (χ1v) is 4.59. The van der Waals surface area contributed by atoms with Crippen molar-refractivity contribution in [3.8, 4) is 0 Å². The number of carbonyl (C=O) groups excluding carboxylic acids is 1. The lowest BCUT2D eigenvalue weighted by Crippen LogP contribution is -2.12. The Hall–Kier alpha value is -1.85. The van der Waals surface area contributed by atoms with Crippen molar-refractivity contribution in [3.05, 3.63) is 11.5 Å². The largest absolute Gasteiger partial charge is 0.481 e. The summed E-state index contributed by atoms with van der Waals surface area (Å²) in [6.07, 6.45) is 0. The van der Waals surface area contributed by atoms with Gasteiger partial charge in [0.15, 0.2) is 17.4 Å². The maximum atomic E-state index is 11.0. The number of nitrogens with zero attached hydrogens (tertiary/aromatic N) is 2. The summed E-state index contributed by atoms with van der Waals surface area (Å²) >= 11 is 0. The Labute approximate surface area is 87.6 Å². The van der Waals surface area contributed by atoms with E-state index in [4.69, 9.17) is 10.5 Å². The molecule has 15 heavy (non-hydrogen) atoms. The molecule has 0 aromatic carbocycles. The van der Waals surface area contributed by atoms with Crippen LogP contribution < -0.4 is 5.73 Å². The maximum absolute atomic E-state index is 11.0. The number of nitrogens with two attached hydrogens (primary N) is 1. The second-order valence-corrected chi connectivity index (χ2v) is 2.95. The number of aromatic amines is 1. The van der Waals surface area contributed by atoms with Crippen molar-refractivity contribution in [2.45, 2.75) is 20.8 Å². The van der Waals surface area contributed by atoms with Gasteiger partial charge in [-0.25, -0.2) is 4.98 Å². The van der Waals surface area contributed by atoms with E-state index in [0.717, 1.165) is 0 Å². The lowest BCUT2D eigenvalue weighted by Gasteiger charge is -1.99. The van der Waals surface area contributed by atoms with Gasteiger partial charge in [-0.1, -0.05) is 0 Å². The monoisotopic (exact) mass is 210 g/mol. The van der Waals surface area contributed by atoms with E-state index in [-0.39, 0.29) is 11.5 Å². The molecule has 6 heteroatoms. The zero-order valence-electron chi connectivity index (χ0n) is 9.00. The van der Waals surface area contributed by atoms with E-state index in [1.165, 1.54) is 0 Å². The predicted octanol–water partition coefficient (Wildman–Crippen LogP) is 0.903. The zero-order valence-corrected chi connectivity index (χ0v) is 9.00. The fourth-order valence-corrected chi connectivity index (χ4v) is 1.12. The molecule has 0 aliphatic heterocycles. The van der Waals surface area contributed by atoms with Gasteiger partial charge in [0, 0.05) is 6.92 Å². The third kappa shape index (κ3) is 2.80. The first-order chi connectivity index (χ1) is 7.04. The van der Waals surface area contributed by atoms with Gasteiger partial charge in [0.05, 0.1) is 6.61 Å². The van der Waals surface area contributed by atoms with E-state index in [1.807, 2.05) is 6.92 Å². The number of hydrogen-bond acceptors (Lipinski definition) is 4. The molecule has 1 aromatic heterocycles. The van der Waals surface area contributed by atoms with Crippen LogP contribution in [-0.4, -0.2) is 28.4 Å². The van der Waals surface area contributed by atoms with Crippen LogP contribution in [-0.2, 0) is 4.74 Å². The molecule has 82 valence electrons. The van der Waals surface area contributed by atoms with Gasteiger partial charge in [-0.15, -0.1) is 0 Å². The molecule has 0 radical (unpaired) electrons. The number of ether oxygens (including phenoxy) is 1. The number of aliphatic imine (C=N–C) groups is 1. The summed E-state index contributed by atoms with van der Waals surface area (Å²) in [5, 5.41) is 0. The van der Waals surface area contributed by atoms with Crippen molar-refractivity contribution in [1.82, 2.24) is 9.97 Å². The zero-order chi connectivity index (χ0) is 11.4. The molecule has 0 atom stereocenters. The first kappa shape index (κ1) is 11.2. The summed E-state index contributed by atoms with van der Waals surface area (Å²) in [6, 6.07) is 0. The highest BCUT2D eigenvalue weighted by Gasteiger charge is 2.12. The van der Waals surface area contributed by atoms with Crippen LogP contribution in [0.4, 0.5) is 5.82 Å². The summed E-state index contributed by atoms with van der Waals surface area (Å²) < 4.78 is 5.13. The molecule has 0 bridgehead atoms. The number of primary amides is 1. The second kappa shape index (κ2) is 4.59. The molecule has 1 rings (SSSR count). The topological polar surface area (TPSA) is 93.4 Å². The summed E-state index contributed by atoms with van der Waals surface area (Å²) in [7, 11) is 0. The summed E-state index contributed by atoms with van der Waals surface area (Å²) in [6.45, 7) is 5.79.